The normalized spacial score (nSPS) is 15.1. The van der Waals surface area contributed by atoms with Crippen LogP contribution in [0.2, 0.25) is 0 Å². The number of rotatable bonds is 7. The zero-order chi connectivity index (χ0) is 21.7. The Labute approximate surface area is 188 Å². The van der Waals surface area contributed by atoms with Crippen molar-refractivity contribution in [3.63, 3.8) is 0 Å². The summed E-state index contributed by atoms with van der Waals surface area (Å²) in [6.07, 6.45) is 4.67. The quantitative estimate of drug-likeness (QED) is 0.612. The molecule has 2 aromatic rings. The van der Waals surface area contributed by atoms with Crippen LogP contribution in [0.25, 0.3) is 0 Å². The van der Waals surface area contributed by atoms with Crippen LogP contribution in [0.1, 0.15) is 54.9 Å². The molecule has 1 atom stereocenters. The Hall–Kier alpha value is -2.14. The molecule has 3 rings (SSSR count). The molecule has 1 saturated carbocycles. The van der Waals surface area contributed by atoms with Crippen molar-refractivity contribution in [2.24, 2.45) is 0 Å². The summed E-state index contributed by atoms with van der Waals surface area (Å²) in [5, 5.41) is 3.15. The predicted molar refractivity (Wildman–Crippen MR) is 124 cm³/mol. The van der Waals surface area contributed by atoms with Crippen LogP contribution in [0.15, 0.2) is 46.9 Å². The van der Waals surface area contributed by atoms with E-state index in [2.05, 4.69) is 27.3 Å². The molecule has 0 bridgehead atoms. The van der Waals surface area contributed by atoms with Gasteiger partial charge in [0, 0.05) is 17.1 Å². The van der Waals surface area contributed by atoms with Crippen molar-refractivity contribution in [2.45, 2.75) is 71.5 Å². The molecule has 2 amide bonds. The lowest BCUT2D eigenvalue weighted by Crippen LogP contribution is -2.50. The summed E-state index contributed by atoms with van der Waals surface area (Å²) in [6.45, 7) is 6.33. The van der Waals surface area contributed by atoms with Crippen molar-refractivity contribution in [3.05, 3.63) is 69.2 Å². The Morgan fingerprint density at radius 2 is 1.63 bits per heavy atom. The van der Waals surface area contributed by atoms with Gasteiger partial charge in [0.2, 0.25) is 11.8 Å². The fraction of sp³-hybridized carbons (Fsp3) is 0.440. The van der Waals surface area contributed by atoms with E-state index >= 15 is 0 Å². The number of carbonyl (C=O) groups is 2. The van der Waals surface area contributed by atoms with E-state index in [1.165, 1.54) is 0 Å². The number of halogens is 1. The SMILES string of the molecule is Cc1cc(C)cc(CC(=O)N(Cc2ccc(Br)cc2)C(C)C(=O)NC2CCCC2)c1. The molecule has 0 spiro atoms. The Kier molecular flexibility index (Phi) is 7.70. The summed E-state index contributed by atoms with van der Waals surface area (Å²) < 4.78 is 0.992. The number of hydrogen-bond acceptors (Lipinski definition) is 2. The third kappa shape index (κ3) is 6.18. The zero-order valence-electron chi connectivity index (χ0n) is 18.1. The van der Waals surface area contributed by atoms with Crippen LogP contribution in [0, 0.1) is 13.8 Å². The van der Waals surface area contributed by atoms with Crippen molar-refractivity contribution in [2.75, 3.05) is 0 Å². The van der Waals surface area contributed by atoms with Gasteiger partial charge in [-0.15, -0.1) is 0 Å². The molecule has 0 aromatic heterocycles. The van der Waals surface area contributed by atoms with Crippen LogP contribution in [-0.2, 0) is 22.6 Å². The third-order valence-electron chi connectivity index (χ3n) is 5.77. The first-order valence-electron chi connectivity index (χ1n) is 10.7. The molecule has 1 aliphatic rings. The van der Waals surface area contributed by atoms with Gasteiger partial charge < -0.3 is 10.2 Å². The second-order valence-electron chi connectivity index (χ2n) is 8.49. The number of nitrogens with zero attached hydrogens (tertiary/aromatic N) is 1. The Bertz CT molecular complexity index is 868. The van der Waals surface area contributed by atoms with Crippen LogP contribution in [0.5, 0.6) is 0 Å². The van der Waals surface area contributed by atoms with E-state index in [-0.39, 0.29) is 17.9 Å². The van der Waals surface area contributed by atoms with E-state index in [1.54, 1.807) is 4.90 Å². The van der Waals surface area contributed by atoms with E-state index < -0.39 is 6.04 Å². The van der Waals surface area contributed by atoms with Crippen molar-refractivity contribution in [3.8, 4) is 0 Å². The maximum atomic E-state index is 13.3. The van der Waals surface area contributed by atoms with E-state index in [1.807, 2.05) is 57.2 Å². The first kappa shape index (κ1) is 22.5. The van der Waals surface area contributed by atoms with Gasteiger partial charge in [-0.25, -0.2) is 0 Å². The highest BCUT2D eigenvalue weighted by Gasteiger charge is 2.28. The van der Waals surface area contributed by atoms with Gasteiger partial charge in [-0.1, -0.05) is 70.2 Å². The van der Waals surface area contributed by atoms with Crippen LogP contribution >= 0.6 is 15.9 Å². The summed E-state index contributed by atoms with van der Waals surface area (Å²) in [7, 11) is 0. The minimum absolute atomic E-state index is 0.0306. The fourth-order valence-corrected chi connectivity index (χ4v) is 4.47. The zero-order valence-corrected chi connectivity index (χ0v) is 19.7. The van der Waals surface area contributed by atoms with Gasteiger partial charge in [0.05, 0.1) is 6.42 Å². The highest BCUT2D eigenvalue weighted by molar-refractivity contribution is 9.10. The molecule has 160 valence electrons. The van der Waals surface area contributed by atoms with Crippen LogP contribution < -0.4 is 5.32 Å². The molecule has 1 aliphatic carbocycles. The standard InChI is InChI=1S/C25H31BrN2O2/c1-17-12-18(2)14-21(13-17)15-24(29)28(16-20-8-10-22(26)11-9-20)19(3)25(30)27-23-6-4-5-7-23/h8-14,19,23H,4-7,15-16H2,1-3H3,(H,27,30). The highest BCUT2D eigenvalue weighted by atomic mass is 79.9. The first-order valence-corrected chi connectivity index (χ1v) is 11.5. The third-order valence-corrected chi connectivity index (χ3v) is 6.30. The monoisotopic (exact) mass is 470 g/mol. The number of carbonyl (C=O) groups excluding carboxylic acids is 2. The average Bonchev–Trinajstić information content (AvgIpc) is 3.19. The van der Waals surface area contributed by atoms with Gasteiger partial charge in [0.1, 0.15) is 6.04 Å². The van der Waals surface area contributed by atoms with Gasteiger partial charge in [0.15, 0.2) is 0 Å². The number of hydrogen-bond donors (Lipinski definition) is 1. The van der Waals surface area contributed by atoms with Crippen molar-refractivity contribution in [1.29, 1.82) is 0 Å². The van der Waals surface area contributed by atoms with Crippen molar-refractivity contribution >= 4 is 27.7 Å². The van der Waals surface area contributed by atoms with Gasteiger partial charge in [-0.3, -0.25) is 9.59 Å². The topological polar surface area (TPSA) is 49.4 Å². The lowest BCUT2D eigenvalue weighted by Gasteiger charge is -2.30. The second-order valence-corrected chi connectivity index (χ2v) is 9.40. The van der Waals surface area contributed by atoms with Gasteiger partial charge in [-0.2, -0.15) is 0 Å². The molecule has 0 saturated heterocycles. The summed E-state index contributed by atoms with van der Waals surface area (Å²) in [5.41, 5.74) is 4.28. The number of benzene rings is 2. The number of nitrogens with one attached hydrogen (secondary N) is 1. The molecule has 1 unspecified atom stereocenters. The van der Waals surface area contributed by atoms with Crippen molar-refractivity contribution in [1.82, 2.24) is 10.2 Å². The maximum Gasteiger partial charge on any atom is 0.242 e. The Morgan fingerprint density at radius 1 is 1.03 bits per heavy atom. The lowest BCUT2D eigenvalue weighted by molar-refractivity contribution is -0.140. The van der Waals surface area contributed by atoms with E-state index in [4.69, 9.17) is 0 Å². The summed E-state index contributed by atoms with van der Waals surface area (Å²) in [5.74, 6) is -0.0928. The molecule has 1 fully saturated rings. The minimum atomic E-state index is -0.521. The fourth-order valence-electron chi connectivity index (χ4n) is 4.21. The first-order chi connectivity index (χ1) is 14.3. The molecule has 0 heterocycles. The van der Waals surface area contributed by atoms with Gasteiger partial charge >= 0.3 is 0 Å². The number of aryl methyl sites for hydroxylation is 2. The minimum Gasteiger partial charge on any atom is -0.352 e. The summed E-state index contributed by atoms with van der Waals surface area (Å²) in [6, 6.07) is 13.8. The molecule has 0 radical (unpaired) electrons. The molecular weight excluding hydrogens is 440 g/mol. The molecule has 1 N–H and O–H groups in total. The van der Waals surface area contributed by atoms with Crippen LogP contribution in [-0.4, -0.2) is 28.8 Å². The summed E-state index contributed by atoms with van der Waals surface area (Å²) >= 11 is 3.45. The van der Waals surface area contributed by atoms with Gasteiger partial charge in [-0.05, 0) is 56.9 Å². The highest BCUT2D eigenvalue weighted by Crippen LogP contribution is 2.20. The molecule has 0 aliphatic heterocycles. The molecule has 2 aromatic carbocycles. The van der Waals surface area contributed by atoms with E-state index in [0.29, 0.717) is 13.0 Å². The van der Waals surface area contributed by atoms with Crippen molar-refractivity contribution < 1.29 is 9.59 Å². The predicted octanol–water partition coefficient (Wildman–Crippen LogP) is 5.08. The second kappa shape index (κ2) is 10.3. The molecule has 4 nitrogen and oxygen atoms in total. The summed E-state index contributed by atoms with van der Waals surface area (Å²) in [4.78, 5) is 28.0. The molecule has 5 heteroatoms. The molecular formula is C25H31BrN2O2. The Morgan fingerprint density at radius 3 is 2.23 bits per heavy atom. The van der Waals surface area contributed by atoms with Gasteiger partial charge in [0.25, 0.3) is 0 Å². The van der Waals surface area contributed by atoms with Crippen LogP contribution in [0.3, 0.4) is 0 Å². The lowest BCUT2D eigenvalue weighted by atomic mass is 10.0. The largest absolute Gasteiger partial charge is 0.352 e. The van der Waals surface area contributed by atoms with E-state index in [9.17, 15) is 9.59 Å². The average molecular weight is 471 g/mol. The Balaban J connectivity index is 1.78. The maximum absolute atomic E-state index is 13.3. The number of amides is 2. The van der Waals surface area contributed by atoms with Crippen LogP contribution in [0.4, 0.5) is 0 Å². The smallest absolute Gasteiger partial charge is 0.242 e. The van der Waals surface area contributed by atoms with E-state index in [0.717, 1.165) is 52.4 Å². The molecule has 30 heavy (non-hydrogen) atoms.